The van der Waals surface area contributed by atoms with Gasteiger partial charge < -0.3 is 9.64 Å². The van der Waals surface area contributed by atoms with Crippen molar-refractivity contribution in [3.05, 3.63) is 35.9 Å². The largest absolute Gasteiger partial charge is 0.375 e. The van der Waals surface area contributed by atoms with E-state index in [1.165, 1.54) is 37.7 Å². The Labute approximate surface area is 158 Å². The van der Waals surface area contributed by atoms with Gasteiger partial charge in [0.05, 0.1) is 19.1 Å². The van der Waals surface area contributed by atoms with Crippen LogP contribution >= 0.6 is 0 Å². The molecule has 1 heterocycles. The maximum absolute atomic E-state index is 12.8. The van der Waals surface area contributed by atoms with Crippen LogP contribution in [0, 0.1) is 0 Å². The fourth-order valence-corrected chi connectivity index (χ4v) is 4.25. The Morgan fingerprint density at radius 3 is 2.54 bits per heavy atom. The maximum Gasteiger partial charge on any atom is 0.225 e. The Hall–Kier alpha value is -1.39. The van der Waals surface area contributed by atoms with Gasteiger partial charge in [-0.2, -0.15) is 0 Å². The predicted octanol–water partition coefficient (Wildman–Crippen LogP) is 3.85. The average Bonchev–Trinajstić information content (AvgIpc) is 2.62. The monoisotopic (exact) mass is 358 g/mol. The van der Waals surface area contributed by atoms with Crippen LogP contribution in [0.4, 0.5) is 0 Å². The molecule has 2 fully saturated rings. The number of ether oxygens (including phenoxy) is 1. The highest BCUT2D eigenvalue weighted by molar-refractivity contribution is 5.76. The van der Waals surface area contributed by atoms with Crippen LogP contribution in [0.2, 0.25) is 0 Å². The van der Waals surface area contributed by atoms with E-state index in [-0.39, 0.29) is 12.0 Å². The van der Waals surface area contributed by atoms with Crippen molar-refractivity contribution in [3.8, 4) is 0 Å². The van der Waals surface area contributed by atoms with Crippen molar-refractivity contribution < 1.29 is 9.53 Å². The summed E-state index contributed by atoms with van der Waals surface area (Å²) in [7, 11) is 2.00. The van der Waals surface area contributed by atoms with Crippen molar-refractivity contribution >= 4 is 5.91 Å². The first-order valence-electron chi connectivity index (χ1n) is 10.4. The first-order valence-corrected chi connectivity index (χ1v) is 10.4. The molecule has 0 radical (unpaired) electrons. The summed E-state index contributed by atoms with van der Waals surface area (Å²) < 4.78 is 5.91. The lowest BCUT2D eigenvalue weighted by atomic mass is 9.95. The molecule has 1 aromatic carbocycles. The van der Waals surface area contributed by atoms with E-state index in [1.54, 1.807) is 0 Å². The summed E-state index contributed by atoms with van der Waals surface area (Å²) in [4.78, 5) is 17.2. The third kappa shape index (κ3) is 5.82. The van der Waals surface area contributed by atoms with E-state index in [0.29, 0.717) is 12.5 Å². The molecular weight excluding hydrogens is 324 g/mol. The SMILES string of the molecule is CN(C(=O)CC1CN(Cc2ccccc2)CCO1)C1CCCCCCC1. The van der Waals surface area contributed by atoms with Crippen molar-refractivity contribution in [2.45, 2.75) is 70.1 Å². The van der Waals surface area contributed by atoms with Crippen LogP contribution < -0.4 is 0 Å². The zero-order valence-corrected chi connectivity index (χ0v) is 16.2. The summed E-state index contributed by atoms with van der Waals surface area (Å²) >= 11 is 0. The van der Waals surface area contributed by atoms with Gasteiger partial charge in [0.2, 0.25) is 5.91 Å². The van der Waals surface area contributed by atoms with Crippen LogP contribution in [-0.2, 0) is 16.1 Å². The lowest BCUT2D eigenvalue weighted by Gasteiger charge is -2.35. The lowest BCUT2D eigenvalue weighted by molar-refractivity contribution is -0.137. The Bertz CT molecular complexity index is 540. The maximum atomic E-state index is 12.8. The summed E-state index contributed by atoms with van der Waals surface area (Å²) in [5.74, 6) is 0.252. The van der Waals surface area contributed by atoms with Crippen LogP contribution in [0.15, 0.2) is 30.3 Å². The number of amides is 1. The fourth-order valence-electron chi connectivity index (χ4n) is 4.25. The molecule has 1 saturated carbocycles. The minimum absolute atomic E-state index is 0.0240. The second-order valence-electron chi connectivity index (χ2n) is 7.92. The number of hydrogen-bond donors (Lipinski definition) is 0. The third-order valence-corrected chi connectivity index (χ3v) is 5.89. The Balaban J connectivity index is 1.48. The van der Waals surface area contributed by atoms with Crippen LogP contribution in [0.25, 0.3) is 0 Å². The van der Waals surface area contributed by atoms with Gasteiger partial charge >= 0.3 is 0 Å². The Morgan fingerprint density at radius 1 is 1.12 bits per heavy atom. The number of rotatable bonds is 5. The highest BCUT2D eigenvalue weighted by atomic mass is 16.5. The smallest absolute Gasteiger partial charge is 0.225 e. The standard InChI is InChI=1S/C22H34N2O2/c1-23(20-12-8-3-2-4-9-13-20)22(25)16-21-18-24(14-15-26-21)17-19-10-6-5-7-11-19/h5-7,10-11,20-21H,2-4,8-9,12-18H2,1H3. The fraction of sp³-hybridized carbons (Fsp3) is 0.682. The molecule has 4 heteroatoms. The molecule has 0 aromatic heterocycles. The van der Waals surface area contributed by atoms with Crippen molar-refractivity contribution in [1.29, 1.82) is 0 Å². The minimum Gasteiger partial charge on any atom is -0.375 e. The molecule has 0 N–H and O–H groups in total. The molecule has 1 atom stereocenters. The first-order chi connectivity index (χ1) is 12.7. The minimum atomic E-state index is 0.0240. The summed E-state index contributed by atoms with van der Waals surface area (Å²) in [6, 6.07) is 11.0. The molecule has 1 amide bonds. The zero-order chi connectivity index (χ0) is 18.2. The van der Waals surface area contributed by atoms with Gasteiger partial charge in [-0.05, 0) is 18.4 Å². The number of carbonyl (C=O) groups excluding carboxylic acids is 1. The van der Waals surface area contributed by atoms with Crippen LogP contribution in [0.5, 0.6) is 0 Å². The second kappa shape index (κ2) is 10.1. The van der Waals surface area contributed by atoms with Crippen molar-refractivity contribution in [1.82, 2.24) is 9.80 Å². The second-order valence-corrected chi connectivity index (χ2v) is 7.92. The normalized spacial score (nSPS) is 23.2. The highest BCUT2D eigenvalue weighted by Gasteiger charge is 2.27. The van der Waals surface area contributed by atoms with Crippen LogP contribution in [-0.4, -0.2) is 54.6 Å². The number of benzene rings is 1. The molecule has 1 aromatic rings. The molecule has 1 aliphatic heterocycles. The van der Waals surface area contributed by atoms with E-state index in [9.17, 15) is 4.79 Å². The zero-order valence-electron chi connectivity index (χ0n) is 16.2. The van der Waals surface area contributed by atoms with E-state index in [1.807, 2.05) is 11.9 Å². The van der Waals surface area contributed by atoms with Gasteiger partial charge in [-0.25, -0.2) is 0 Å². The van der Waals surface area contributed by atoms with Crippen LogP contribution in [0.1, 0.15) is 56.9 Å². The third-order valence-electron chi connectivity index (χ3n) is 5.89. The highest BCUT2D eigenvalue weighted by Crippen LogP contribution is 2.22. The molecule has 1 unspecified atom stereocenters. The summed E-state index contributed by atoms with van der Waals surface area (Å²) in [5.41, 5.74) is 1.33. The van der Waals surface area contributed by atoms with Crippen molar-refractivity contribution in [2.24, 2.45) is 0 Å². The van der Waals surface area contributed by atoms with Crippen molar-refractivity contribution in [2.75, 3.05) is 26.7 Å². The number of morpholine rings is 1. The molecule has 3 rings (SSSR count). The molecule has 26 heavy (non-hydrogen) atoms. The lowest BCUT2D eigenvalue weighted by Crippen LogP contribution is -2.45. The number of nitrogens with zero attached hydrogens (tertiary/aromatic N) is 2. The Kier molecular flexibility index (Phi) is 7.51. The first kappa shape index (κ1) is 19.4. The van der Waals surface area contributed by atoms with Gasteiger partial charge in [0.25, 0.3) is 0 Å². The topological polar surface area (TPSA) is 32.8 Å². The molecule has 144 valence electrons. The van der Waals surface area contributed by atoms with Gasteiger partial charge in [0, 0.05) is 32.7 Å². The van der Waals surface area contributed by atoms with Gasteiger partial charge in [-0.3, -0.25) is 9.69 Å². The van der Waals surface area contributed by atoms with Gasteiger partial charge in [0.15, 0.2) is 0 Å². The van der Waals surface area contributed by atoms with E-state index in [0.717, 1.165) is 39.1 Å². The molecule has 1 saturated heterocycles. The van der Waals surface area contributed by atoms with Gasteiger partial charge in [0.1, 0.15) is 0 Å². The quantitative estimate of drug-likeness (QED) is 0.801. The van der Waals surface area contributed by atoms with E-state index >= 15 is 0 Å². The van der Waals surface area contributed by atoms with E-state index < -0.39 is 0 Å². The predicted molar refractivity (Wildman–Crippen MR) is 105 cm³/mol. The molecular formula is C22H34N2O2. The van der Waals surface area contributed by atoms with E-state index in [2.05, 4.69) is 35.2 Å². The van der Waals surface area contributed by atoms with Gasteiger partial charge in [-0.15, -0.1) is 0 Å². The molecule has 0 bridgehead atoms. The van der Waals surface area contributed by atoms with Crippen molar-refractivity contribution in [3.63, 3.8) is 0 Å². The number of hydrogen-bond acceptors (Lipinski definition) is 3. The van der Waals surface area contributed by atoms with Crippen LogP contribution in [0.3, 0.4) is 0 Å². The average molecular weight is 359 g/mol. The Morgan fingerprint density at radius 2 is 1.81 bits per heavy atom. The summed E-state index contributed by atoms with van der Waals surface area (Å²) in [6.07, 6.45) is 9.37. The molecule has 2 aliphatic rings. The molecule has 0 spiro atoms. The van der Waals surface area contributed by atoms with E-state index in [4.69, 9.17) is 4.74 Å². The summed E-state index contributed by atoms with van der Waals surface area (Å²) in [5, 5.41) is 0. The number of carbonyl (C=O) groups is 1. The van der Waals surface area contributed by atoms with Gasteiger partial charge in [-0.1, -0.05) is 62.4 Å². The molecule has 4 nitrogen and oxygen atoms in total. The summed E-state index contributed by atoms with van der Waals surface area (Å²) in [6.45, 7) is 3.45. The molecule has 1 aliphatic carbocycles.